The van der Waals surface area contributed by atoms with Crippen LogP contribution in [-0.2, 0) is 16.0 Å². The van der Waals surface area contributed by atoms with Gasteiger partial charge in [0.15, 0.2) is 6.10 Å². The van der Waals surface area contributed by atoms with Crippen LogP contribution < -0.4 is 0 Å². The van der Waals surface area contributed by atoms with Crippen LogP contribution >= 0.6 is 22.7 Å². The lowest BCUT2D eigenvalue weighted by Gasteiger charge is -2.05. The van der Waals surface area contributed by atoms with Crippen molar-refractivity contribution in [3.63, 3.8) is 0 Å². The van der Waals surface area contributed by atoms with Gasteiger partial charge in [0.2, 0.25) is 0 Å². The van der Waals surface area contributed by atoms with Crippen molar-refractivity contribution in [2.75, 3.05) is 7.11 Å². The first-order valence-corrected chi connectivity index (χ1v) is 6.71. The van der Waals surface area contributed by atoms with Crippen molar-refractivity contribution in [3.05, 3.63) is 28.6 Å². The molecule has 1 N–H and O–H groups in total. The summed E-state index contributed by atoms with van der Waals surface area (Å²) >= 11 is 3.12. The summed E-state index contributed by atoms with van der Waals surface area (Å²) in [4.78, 5) is 16.5. The van der Waals surface area contributed by atoms with E-state index in [1.165, 1.54) is 18.4 Å². The fraction of sp³-hybridized carbons (Fsp3) is 0.273. The molecule has 4 nitrogen and oxygen atoms in total. The molecule has 2 rings (SSSR count). The number of nitrogens with zero attached hydrogens (tertiary/aromatic N) is 1. The maximum atomic E-state index is 11.1. The van der Waals surface area contributed by atoms with Gasteiger partial charge in [-0.2, -0.15) is 0 Å². The average molecular weight is 269 g/mol. The van der Waals surface area contributed by atoms with E-state index in [4.69, 9.17) is 0 Å². The molecule has 2 heterocycles. The van der Waals surface area contributed by atoms with Crippen LogP contribution in [0.4, 0.5) is 0 Å². The van der Waals surface area contributed by atoms with Crippen molar-refractivity contribution in [2.45, 2.75) is 12.5 Å². The van der Waals surface area contributed by atoms with Gasteiger partial charge in [-0.25, -0.2) is 9.78 Å². The van der Waals surface area contributed by atoms with E-state index in [2.05, 4.69) is 9.72 Å². The number of ether oxygens (including phenoxy) is 1. The number of hydrogen-bond acceptors (Lipinski definition) is 6. The first-order chi connectivity index (χ1) is 8.20. The van der Waals surface area contributed by atoms with Crippen molar-refractivity contribution in [1.29, 1.82) is 0 Å². The predicted molar refractivity (Wildman–Crippen MR) is 67.2 cm³/mol. The lowest BCUT2D eigenvalue weighted by molar-refractivity contribution is -0.150. The number of hydrogen-bond donors (Lipinski definition) is 1. The molecule has 0 aliphatic carbocycles. The number of thiophene rings is 1. The second kappa shape index (κ2) is 5.39. The van der Waals surface area contributed by atoms with E-state index in [0.29, 0.717) is 5.69 Å². The highest BCUT2D eigenvalue weighted by molar-refractivity contribution is 7.20. The van der Waals surface area contributed by atoms with Crippen LogP contribution in [0.3, 0.4) is 0 Å². The Balaban J connectivity index is 2.06. The van der Waals surface area contributed by atoms with Gasteiger partial charge >= 0.3 is 5.97 Å². The molecule has 0 radical (unpaired) electrons. The summed E-state index contributed by atoms with van der Waals surface area (Å²) < 4.78 is 4.45. The van der Waals surface area contributed by atoms with Crippen molar-refractivity contribution >= 4 is 28.6 Å². The van der Waals surface area contributed by atoms with Gasteiger partial charge in [-0.15, -0.1) is 22.7 Å². The van der Waals surface area contributed by atoms with E-state index >= 15 is 0 Å². The molecular formula is C11H11NO3S2. The molecule has 2 aromatic heterocycles. The van der Waals surface area contributed by atoms with Gasteiger partial charge in [0.25, 0.3) is 0 Å². The summed E-state index contributed by atoms with van der Waals surface area (Å²) in [7, 11) is 1.25. The molecule has 17 heavy (non-hydrogen) atoms. The molecule has 1 unspecified atom stereocenters. The molecule has 0 aliphatic rings. The minimum Gasteiger partial charge on any atom is -0.467 e. The maximum Gasteiger partial charge on any atom is 0.335 e. The fourth-order valence-corrected chi connectivity index (χ4v) is 2.98. The van der Waals surface area contributed by atoms with Crippen LogP contribution in [0.1, 0.15) is 5.69 Å². The molecule has 0 saturated heterocycles. The molecule has 0 aliphatic heterocycles. The van der Waals surface area contributed by atoms with Gasteiger partial charge in [0, 0.05) is 11.8 Å². The normalized spacial score (nSPS) is 12.4. The number of methoxy groups -OCH3 is 1. The molecule has 0 spiro atoms. The zero-order valence-electron chi connectivity index (χ0n) is 9.12. The molecule has 1 atom stereocenters. The van der Waals surface area contributed by atoms with Gasteiger partial charge < -0.3 is 9.84 Å². The van der Waals surface area contributed by atoms with E-state index in [9.17, 15) is 9.90 Å². The zero-order valence-corrected chi connectivity index (χ0v) is 10.8. The van der Waals surface area contributed by atoms with Crippen molar-refractivity contribution < 1.29 is 14.6 Å². The van der Waals surface area contributed by atoms with Gasteiger partial charge in [0.05, 0.1) is 17.7 Å². The van der Waals surface area contributed by atoms with Crippen LogP contribution in [0.25, 0.3) is 9.88 Å². The molecular weight excluding hydrogens is 258 g/mol. The van der Waals surface area contributed by atoms with E-state index in [1.54, 1.807) is 11.3 Å². The van der Waals surface area contributed by atoms with E-state index in [-0.39, 0.29) is 6.42 Å². The number of carbonyl (C=O) groups is 1. The molecule has 6 heteroatoms. The zero-order chi connectivity index (χ0) is 12.3. The number of aliphatic hydroxyl groups is 1. The Kier molecular flexibility index (Phi) is 3.88. The number of aliphatic hydroxyl groups excluding tert-OH is 1. The van der Waals surface area contributed by atoms with Crippen molar-refractivity contribution in [2.24, 2.45) is 0 Å². The Labute approximate surface area is 107 Å². The largest absolute Gasteiger partial charge is 0.467 e. The monoisotopic (exact) mass is 269 g/mol. The van der Waals surface area contributed by atoms with Crippen LogP contribution in [-0.4, -0.2) is 29.3 Å². The maximum absolute atomic E-state index is 11.1. The van der Waals surface area contributed by atoms with Crippen LogP contribution in [0.15, 0.2) is 22.9 Å². The third kappa shape index (κ3) is 2.91. The highest BCUT2D eigenvalue weighted by Gasteiger charge is 2.17. The number of carbonyl (C=O) groups excluding carboxylic acids is 1. The summed E-state index contributed by atoms with van der Waals surface area (Å²) in [5.41, 5.74) is 0.705. The van der Waals surface area contributed by atoms with E-state index < -0.39 is 12.1 Å². The van der Waals surface area contributed by atoms with Gasteiger partial charge in [-0.05, 0) is 11.4 Å². The Morgan fingerprint density at radius 1 is 1.59 bits per heavy atom. The minimum absolute atomic E-state index is 0.189. The van der Waals surface area contributed by atoms with Crippen molar-refractivity contribution in [1.82, 2.24) is 4.98 Å². The predicted octanol–water partition coefficient (Wildman–Crippen LogP) is 1.95. The first-order valence-electron chi connectivity index (χ1n) is 4.95. The minimum atomic E-state index is -1.14. The Morgan fingerprint density at radius 3 is 3.06 bits per heavy atom. The lowest BCUT2D eigenvalue weighted by Crippen LogP contribution is -2.24. The van der Waals surface area contributed by atoms with Gasteiger partial charge in [-0.1, -0.05) is 6.07 Å². The van der Waals surface area contributed by atoms with E-state index in [0.717, 1.165) is 9.88 Å². The summed E-state index contributed by atoms with van der Waals surface area (Å²) in [6, 6.07) is 3.95. The topological polar surface area (TPSA) is 59.4 Å². The second-order valence-corrected chi connectivity index (χ2v) is 5.17. The highest BCUT2D eigenvalue weighted by Crippen LogP contribution is 2.28. The molecule has 0 fully saturated rings. The summed E-state index contributed by atoms with van der Waals surface area (Å²) in [5.74, 6) is -0.629. The molecule has 2 aromatic rings. The Bertz CT molecular complexity index is 493. The third-order valence-corrected chi connectivity index (χ3v) is 4.09. The lowest BCUT2D eigenvalue weighted by atomic mass is 10.2. The smallest absolute Gasteiger partial charge is 0.335 e. The van der Waals surface area contributed by atoms with Gasteiger partial charge in [-0.3, -0.25) is 0 Å². The molecule has 90 valence electrons. The van der Waals surface area contributed by atoms with E-state index in [1.807, 2.05) is 22.9 Å². The third-order valence-electron chi connectivity index (χ3n) is 2.16. The Hall–Kier alpha value is -1.24. The summed E-state index contributed by atoms with van der Waals surface area (Å²) in [5, 5.41) is 14.2. The number of aromatic nitrogens is 1. The second-order valence-electron chi connectivity index (χ2n) is 3.36. The number of thiazole rings is 1. The fourth-order valence-electron chi connectivity index (χ4n) is 1.33. The molecule has 0 saturated carbocycles. The first kappa shape index (κ1) is 12.2. The number of esters is 1. The molecule has 0 bridgehead atoms. The summed E-state index contributed by atoms with van der Waals surface area (Å²) in [6.07, 6.45) is -0.951. The number of rotatable bonds is 4. The Morgan fingerprint density at radius 2 is 2.41 bits per heavy atom. The quantitative estimate of drug-likeness (QED) is 0.862. The van der Waals surface area contributed by atoms with Crippen LogP contribution in [0.2, 0.25) is 0 Å². The summed E-state index contributed by atoms with van der Waals surface area (Å²) in [6.45, 7) is 0. The standard InChI is InChI=1S/C11H11NO3S2/c1-15-11(14)8(13)5-7-6-17-10(12-7)9-3-2-4-16-9/h2-4,6,8,13H,5H2,1H3. The van der Waals surface area contributed by atoms with Gasteiger partial charge in [0.1, 0.15) is 5.01 Å². The van der Waals surface area contributed by atoms with Crippen LogP contribution in [0, 0.1) is 0 Å². The van der Waals surface area contributed by atoms with Crippen LogP contribution in [0.5, 0.6) is 0 Å². The highest BCUT2D eigenvalue weighted by atomic mass is 32.1. The molecule has 0 aromatic carbocycles. The van der Waals surface area contributed by atoms with Crippen molar-refractivity contribution in [3.8, 4) is 9.88 Å². The average Bonchev–Trinajstić information content (AvgIpc) is 2.97. The molecule has 0 amide bonds. The SMILES string of the molecule is COC(=O)C(O)Cc1csc(-c2cccs2)n1.